The lowest BCUT2D eigenvalue weighted by atomic mass is 10.2. The zero-order chi connectivity index (χ0) is 11.1. The predicted molar refractivity (Wildman–Crippen MR) is 71.8 cm³/mol. The van der Waals surface area contributed by atoms with Gasteiger partial charge in [0.05, 0.1) is 8.07 Å². The van der Waals surface area contributed by atoms with E-state index in [0.717, 1.165) is 0 Å². The summed E-state index contributed by atoms with van der Waals surface area (Å²) >= 11 is 0. The molecular formula is C13H27NSi. The third-order valence-corrected chi connectivity index (χ3v) is 8.61. The largest absolute Gasteiger partial charge is 0.306 e. The van der Waals surface area contributed by atoms with Gasteiger partial charge in [0, 0.05) is 0 Å². The zero-order valence-corrected chi connectivity index (χ0v) is 11.8. The molecule has 1 aliphatic rings. The normalized spacial score (nSPS) is 18.3. The van der Waals surface area contributed by atoms with E-state index in [1.807, 2.05) is 0 Å². The van der Waals surface area contributed by atoms with Gasteiger partial charge in [-0.25, -0.2) is 0 Å². The van der Waals surface area contributed by atoms with E-state index in [2.05, 4.69) is 37.4 Å². The van der Waals surface area contributed by atoms with Crippen molar-refractivity contribution in [3.05, 3.63) is 11.8 Å². The molecule has 1 aliphatic heterocycles. The minimum absolute atomic E-state index is 1.08. The van der Waals surface area contributed by atoms with Crippen LogP contribution < -0.4 is 0 Å². The molecule has 2 heteroatoms. The average Bonchev–Trinajstić information content (AvgIpc) is 2.13. The first-order valence-electron chi connectivity index (χ1n) is 6.62. The van der Waals surface area contributed by atoms with Crippen LogP contribution in [-0.2, 0) is 0 Å². The number of hydrogen-bond donors (Lipinski definition) is 0. The van der Waals surface area contributed by atoms with Crippen LogP contribution in [0.15, 0.2) is 11.8 Å². The Kier molecular flexibility index (Phi) is 5.62. The Hall–Kier alpha value is -0.0831. The molecule has 1 heterocycles. The molecule has 0 spiro atoms. The van der Waals surface area contributed by atoms with E-state index in [9.17, 15) is 0 Å². The van der Waals surface area contributed by atoms with Gasteiger partial charge in [-0.05, 0) is 32.6 Å². The SMILES string of the molecule is CC=C[Si](CCC)(CCC)CN1CCC1. The molecule has 0 aromatic rings. The number of likely N-dealkylation sites (tertiary alicyclic amines) is 1. The van der Waals surface area contributed by atoms with Crippen molar-refractivity contribution in [1.29, 1.82) is 0 Å². The van der Waals surface area contributed by atoms with E-state index in [4.69, 9.17) is 0 Å². The van der Waals surface area contributed by atoms with Gasteiger partial charge < -0.3 is 4.90 Å². The van der Waals surface area contributed by atoms with Crippen molar-refractivity contribution in [2.45, 2.75) is 52.1 Å². The molecule has 0 radical (unpaired) electrons. The highest BCUT2D eigenvalue weighted by molar-refractivity contribution is 6.84. The highest BCUT2D eigenvalue weighted by Gasteiger charge is 2.31. The molecular weight excluding hydrogens is 198 g/mol. The smallest absolute Gasteiger partial charge is 0.0917 e. The molecule has 0 saturated carbocycles. The molecule has 0 aliphatic carbocycles. The zero-order valence-electron chi connectivity index (χ0n) is 10.8. The van der Waals surface area contributed by atoms with Crippen molar-refractivity contribution in [3.63, 3.8) is 0 Å². The fraction of sp³-hybridized carbons (Fsp3) is 0.846. The lowest BCUT2D eigenvalue weighted by molar-refractivity contribution is 0.210. The summed E-state index contributed by atoms with van der Waals surface area (Å²) in [7, 11) is -1.08. The fourth-order valence-corrected chi connectivity index (χ4v) is 7.75. The monoisotopic (exact) mass is 225 g/mol. The highest BCUT2D eigenvalue weighted by Crippen LogP contribution is 2.24. The second-order valence-corrected chi connectivity index (χ2v) is 9.37. The quantitative estimate of drug-likeness (QED) is 0.598. The van der Waals surface area contributed by atoms with Crippen molar-refractivity contribution in [2.75, 3.05) is 19.3 Å². The Bertz CT molecular complexity index is 191. The molecule has 0 bridgehead atoms. The Morgan fingerprint density at radius 2 is 1.73 bits per heavy atom. The molecule has 88 valence electrons. The maximum absolute atomic E-state index is 2.68. The van der Waals surface area contributed by atoms with Crippen molar-refractivity contribution < 1.29 is 0 Å². The van der Waals surface area contributed by atoms with Crippen molar-refractivity contribution in [2.24, 2.45) is 0 Å². The van der Waals surface area contributed by atoms with E-state index in [1.54, 1.807) is 0 Å². The van der Waals surface area contributed by atoms with Gasteiger partial charge in [0.25, 0.3) is 0 Å². The van der Waals surface area contributed by atoms with E-state index in [0.29, 0.717) is 0 Å². The molecule has 1 nitrogen and oxygen atoms in total. The van der Waals surface area contributed by atoms with Gasteiger partial charge in [-0.15, -0.1) is 0 Å². The summed E-state index contributed by atoms with van der Waals surface area (Å²) in [5.74, 6) is 0. The van der Waals surface area contributed by atoms with E-state index in [-0.39, 0.29) is 0 Å². The predicted octanol–water partition coefficient (Wildman–Crippen LogP) is 3.62. The first kappa shape index (κ1) is 13.0. The maximum atomic E-state index is 2.68. The molecule has 0 aromatic carbocycles. The van der Waals surface area contributed by atoms with Gasteiger partial charge in [-0.1, -0.05) is 50.6 Å². The molecule has 0 aromatic heterocycles. The average molecular weight is 225 g/mol. The topological polar surface area (TPSA) is 3.24 Å². The van der Waals surface area contributed by atoms with Crippen LogP contribution in [0.3, 0.4) is 0 Å². The van der Waals surface area contributed by atoms with Crippen LogP contribution in [0.5, 0.6) is 0 Å². The molecule has 1 fully saturated rings. The van der Waals surface area contributed by atoms with Crippen LogP contribution in [0.2, 0.25) is 12.1 Å². The first-order chi connectivity index (χ1) is 7.26. The van der Waals surface area contributed by atoms with Gasteiger partial charge in [0.1, 0.15) is 0 Å². The summed E-state index contributed by atoms with van der Waals surface area (Å²) < 4.78 is 0. The summed E-state index contributed by atoms with van der Waals surface area (Å²) in [5.41, 5.74) is 2.61. The van der Waals surface area contributed by atoms with Gasteiger partial charge in [0.15, 0.2) is 0 Å². The second kappa shape index (κ2) is 6.49. The summed E-state index contributed by atoms with van der Waals surface area (Å²) in [6, 6.07) is 2.98. The number of nitrogens with zero attached hydrogens (tertiary/aromatic N) is 1. The van der Waals surface area contributed by atoms with Crippen LogP contribution in [0.1, 0.15) is 40.0 Å². The Balaban J connectivity index is 2.60. The van der Waals surface area contributed by atoms with Crippen LogP contribution >= 0.6 is 0 Å². The molecule has 0 atom stereocenters. The van der Waals surface area contributed by atoms with Crippen molar-refractivity contribution in [1.82, 2.24) is 4.90 Å². The van der Waals surface area contributed by atoms with Gasteiger partial charge in [0.2, 0.25) is 0 Å². The van der Waals surface area contributed by atoms with Crippen molar-refractivity contribution in [3.8, 4) is 0 Å². The van der Waals surface area contributed by atoms with E-state index in [1.165, 1.54) is 50.6 Å². The molecule has 0 amide bonds. The lowest BCUT2D eigenvalue weighted by Crippen LogP contribution is -2.51. The fourth-order valence-electron chi connectivity index (χ4n) is 2.84. The lowest BCUT2D eigenvalue weighted by Gasteiger charge is -2.39. The molecule has 0 N–H and O–H groups in total. The molecule has 1 rings (SSSR count). The Morgan fingerprint density at radius 3 is 2.07 bits per heavy atom. The summed E-state index contributed by atoms with van der Waals surface area (Å²) in [5, 5.41) is 0. The number of hydrogen-bond acceptors (Lipinski definition) is 1. The molecule has 15 heavy (non-hydrogen) atoms. The van der Waals surface area contributed by atoms with Gasteiger partial charge >= 0.3 is 0 Å². The Morgan fingerprint density at radius 1 is 1.13 bits per heavy atom. The minimum atomic E-state index is -1.08. The minimum Gasteiger partial charge on any atom is -0.306 e. The van der Waals surface area contributed by atoms with E-state index >= 15 is 0 Å². The third kappa shape index (κ3) is 3.76. The van der Waals surface area contributed by atoms with Gasteiger partial charge in [-0.3, -0.25) is 0 Å². The van der Waals surface area contributed by atoms with Crippen LogP contribution in [0, 0.1) is 0 Å². The highest BCUT2D eigenvalue weighted by atomic mass is 28.3. The maximum Gasteiger partial charge on any atom is 0.0917 e. The summed E-state index contributed by atoms with van der Waals surface area (Å²) in [4.78, 5) is 2.68. The number of rotatable bonds is 7. The molecule has 0 unspecified atom stereocenters. The van der Waals surface area contributed by atoms with Crippen LogP contribution in [-0.4, -0.2) is 32.2 Å². The first-order valence-corrected chi connectivity index (χ1v) is 9.32. The number of allylic oxidation sites excluding steroid dienone is 1. The van der Waals surface area contributed by atoms with Crippen LogP contribution in [0.25, 0.3) is 0 Å². The van der Waals surface area contributed by atoms with Crippen LogP contribution in [0.4, 0.5) is 0 Å². The van der Waals surface area contributed by atoms with Gasteiger partial charge in [-0.2, -0.15) is 0 Å². The third-order valence-electron chi connectivity index (χ3n) is 3.50. The van der Waals surface area contributed by atoms with Crippen molar-refractivity contribution >= 4 is 8.07 Å². The summed E-state index contributed by atoms with van der Waals surface area (Å²) in [6.07, 6.45) is 7.91. The second-order valence-electron chi connectivity index (χ2n) is 4.99. The summed E-state index contributed by atoms with van der Waals surface area (Å²) in [6.45, 7) is 9.61. The standard InChI is InChI=1S/C13H27NSi/c1-4-10-15(11-5-2,12-6-3)13-14-8-7-9-14/h4,10H,5-9,11-13H2,1-3H3. The van der Waals surface area contributed by atoms with E-state index < -0.39 is 8.07 Å². The molecule has 1 saturated heterocycles. The Labute approximate surface area is 96.6 Å².